The Morgan fingerprint density at radius 1 is 1.15 bits per heavy atom. The highest BCUT2D eigenvalue weighted by Gasteiger charge is 2.30. The molecule has 2 unspecified atom stereocenters. The van der Waals surface area contributed by atoms with Crippen molar-refractivity contribution in [2.24, 2.45) is 12.8 Å². The molecule has 27 heavy (non-hydrogen) atoms. The third-order valence-electron chi connectivity index (χ3n) is 5.12. The Morgan fingerprint density at radius 2 is 1.85 bits per heavy atom. The van der Waals surface area contributed by atoms with Gasteiger partial charge in [0.25, 0.3) is 0 Å². The summed E-state index contributed by atoms with van der Waals surface area (Å²) >= 11 is 0. The topological polar surface area (TPSA) is 72.9 Å². The van der Waals surface area contributed by atoms with Crippen molar-refractivity contribution in [3.63, 3.8) is 0 Å². The van der Waals surface area contributed by atoms with Crippen LogP contribution < -0.4 is 11.1 Å². The lowest BCUT2D eigenvalue weighted by atomic mass is 9.80. The third kappa shape index (κ3) is 3.36. The summed E-state index contributed by atoms with van der Waals surface area (Å²) in [7, 11) is 1.79. The van der Waals surface area contributed by atoms with Crippen LogP contribution in [0.5, 0.6) is 0 Å². The molecule has 0 fully saturated rings. The van der Waals surface area contributed by atoms with Gasteiger partial charge < -0.3 is 11.1 Å². The number of hydrogen-bond donors (Lipinski definition) is 2. The van der Waals surface area contributed by atoms with Crippen molar-refractivity contribution in [1.29, 1.82) is 0 Å². The van der Waals surface area contributed by atoms with Gasteiger partial charge in [-0.25, -0.2) is 4.39 Å². The average Bonchev–Trinajstić information content (AvgIpc) is 3.03. The van der Waals surface area contributed by atoms with E-state index in [4.69, 9.17) is 5.73 Å². The van der Waals surface area contributed by atoms with E-state index in [1.807, 2.05) is 24.3 Å². The number of halogens is 1. The number of benzene rings is 2. The van der Waals surface area contributed by atoms with Crippen molar-refractivity contribution in [3.8, 4) is 11.3 Å². The number of aromatic nitrogens is 2. The molecule has 1 aliphatic rings. The van der Waals surface area contributed by atoms with Gasteiger partial charge in [0.05, 0.1) is 11.6 Å². The molecule has 1 amide bonds. The van der Waals surface area contributed by atoms with Gasteiger partial charge in [-0.2, -0.15) is 5.10 Å². The van der Waals surface area contributed by atoms with Crippen LogP contribution in [-0.2, 0) is 11.8 Å². The summed E-state index contributed by atoms with van der Waals surface area (Å²) in [5, 5.41) is 7.31. The molecule has 1 aliphatic carbocycles. The summed E-state index contributed by atoms with van der Waals surface area (Å²) in [6.45, 7) is 0. The lowest BCUT2D eigenvalue weighted by molar-refractivity contribution is -0.117. The molecule has 1 heterocycles. The number of rotatable bonds is 3. The van der Waals surface area contributed by atoms with E-state index >= 15 is 0 Å². The molecular formula is C21H21FN4O. The fourth-order valence-electron chi connectivity index (χ4n) is 3.73. The van der Waals surface area contributed by atoms with Crippen molar-refractivity contribution in [2.45, 2.75) is 24.8 Å². The second-order valence-corrected chi connectivity index (χ2v) is 6.90. The SMILES string of the molecule is Cn1nc(NC(=O)C2CCC(N)c3ccccc32)cc1-c1ccc(F)cc1. The molecule has 0 bridgehead atoms. The zero-order chi connectivity index (χ0) is 19.0. The van der Waals surface area contributed by atoms with Crippen LogP contribution in [0.2, 0.25) is 0 Å². The number of hydrogen-bond acceptors (Lipinski definition) is 3. The van der Waals surface area contributed by atoms with Gasteiger partial charge in [-0.3, -0.25) is 9.48 Å². The van der Waals surface area contributed by atoms with Crippen molar-refractivity contribution in [2.75, 3.05) is 5.32 Å². The average molecular weight is 364 g/mol. The molecule has 2 atom stereocenters. The second-order valence-electron chi connectivity index (χ2n) is 6.90. The molecule has 0 saturated heterocycles. The molecule has 0 saturated carbocycles. The van der Waals surface area contributed by atoms with Gasteiger partial charge in [0.1, 0.15) is 5.82 Å². The highest BCUT2D eigenvalue weighted by atomic mass is 19.1. The van der Waals surface area contributed by atoms with E-state index in [-0.39, 0.29) is 23.7 Å². The van der Waals surface area contributed by atoms with E-state index in [9.17, 15) is 9.18 Å². The highest BCUT2D eigenvalue weighted by molar-refractivity contribution is 5.96. The summed E-state index contributed by atoms with van der Waals surface area (Å²) in [5.41, 5.74) is 9.85. The first-order chi connectivity index (χ1) is 13.0. The zero-order valence-electron chi connectivity index (χ0n) is 15.0. The standard InChI is InChI=1S/C21H21FN4O/c1-26-19(13-6-8-14(22)9-7-13)12-20(25-26)24-21(27)17-10-11-18(23)16-5-3-2-4-15(16)17/h2-9,12,17-18H,10-11,23H2,1H3,(H,24,25,27). The highest BCUT2D eigenvalue weighted by Crippen LogP contribution is 2.37. The lowest BCUT2D eigenvalue weighted by Crippen LogP contribution is -2.28. The minimum Gasteiger partial charge on any atom is -0.324 e. The predicted molar refractivity (Wildman–Crippen MR) is 103 cm³/mol. The normalized spacial score (nSPS) is 18.8. The second kappa shape index (κ2) is 6.96. The number of anilines is 1. The smallest absolute Gasteiger partial charge is 0.233 e. The molecular weight excluding hydrogens is 343 g/mol. The van der Waals surface area contributed by atoms with E-state index in [1.165, 1.54) is 12.1 Å². The number of nitrogens with two attached hydrogens (primary N) is 1. The fraction of sp³-hybridized carbons (Fsp3) is 0.238. The molecule has 0 spiro atoms. The van der Waals surface area contributed by atoms with Crippen molar-refractivity contribution >= 4 is 11.7 Å². The monoisotopic (exact) mass is 364 g/mol. The summed E-state index contributed by atoms with van der Waals surface area (Å²) < 4.78 is 14.8. The van der Waals surface area contributed by atoms with Crippen LogP contribution in [0.4, 0.5) is 10.2 Å². The van der Waals surface area contributed by atoms with Crippen molar-refractivity contribution in [1.82, 2.24) is 9.78 Å². The van der Waals surface area contributed by atoms with Crippen LogP contribution in [0.25, 0.3) is 11.3 Å². The van der Waals surface area contributed by atoms with E-state index in [0.29, 0.717) is 12.2 Å². The Morgan fingerprint density at radius 3 is 2.59 bits per heavy atom. The summed E-state index contributed by atoms with van der Waals surface area (Å²) in [4.78, 5) is 12.9. The molecule has 2 aromatic carbocycles. The quantitative estimate of drug-likeness (QED) is 0.743. The Labute approximate surface area is 157 Å². The van der Waals surface area contributed by atoms with Crippen LogP contribution in [-0.4, -0.2) is 15.7 Å². The van der Waals surface area contributed by atoms with Crippen LogP contribution in [0.1, 0.15) is 35.9 Å². The Kier molecular flexibility index (Phi) is 4.49. The number of carbonyl (C=O) groups excluding carboxylic acids is 1. The number of nitrogens with zero attached hydrogens (tertiary/aromatic N) is 2. The summed E-state index contributed by atoms with van der Waals surface area (Å²) in [5.74, 6) is -0.131. The van der Waals surface area contributed by atoms with Crippen LogP contribution in [0, 0.1) is 5.82 Å². The fourth-order valence-corrected chi connectivity index (χ4v) is 3.73. The Balaban J connectivity index is 1.57. The van der Waals surface area contributed by atoms with E-state index in [1.54, 1.807) is 29.9 Å². The van der Waals surface area contributed by atoms with E-state index in [0.717, 1.165) is 28.8 Å². The van der Waals surface area contributed by atoms with Gasteiger partial charge >= 0.3 is 0 Å². The first-order valence-corrected chi connectivity index (χ1v) is 8.98. The van der Waals surface area contributed by atoms with Crippen LogP contribution in [0.3, 0.4) is 0 Å². The number of nitrogens with one attached hydrogen (secondary N) is 1. The molecule has 138 valence electrons. The molecule has 6 heteroatoms. The molecule has 4 rings (SSSR count). The van der Waals surface area contributed by atoms with Gasteiger partial charge in [0.2, 0.25) is 5.91 Å². The maximum atomic E-state index is 13.1. The minimum absolute atomic E-state index is 0.0230. The van der Waals surface area contributed by atoms with Crippen LogP contribution >= 0.6 is 0 Å². The van der Waals surface area contributed by atoms with Gasteiger partial charge in [-0.15, -0.1) is 0 Å². The Hall–Kier alpha value is -2.99. The molecule has 3 aromatic rings. The maximum absolute atomic E-state index is 13.1. The van der Waals surface area contributed by atoms with Crippen molar-refractivity contribution < 1.29 is 9.18 Å². The van der Waals surface area contributed by atoms with Gasteiger partial charge in [0, 0.05) is 24.7 Å². The van der Waals surface area contributed by atoms with E-state index < -0.39 is 0 Å². The van der Waals surface area contributed by atoms with Crippen LogP contribution in [0.15, 0.2) is 54.6 Å². The number of fused-ring (bicyclic) bond motifs is 1. The zero-order valence-corrected chi connectivity index (χ0v) is 15.0. The van der Waals surface area contributed by atoms with Gasteiger partial charge in [0.15, 0.2) is 5.82 Å². The van der Waals surface area contributed by atoms with E-state index in [2.05, 4.69) is 10.4 Å². The van der Waals surface area contributed by atoms with Gasteiger partial charge in [-0.05, 0) is 48.2 Å². The first-order valence-electron chi connectivity index (χ1n) is 8.98. The largest absolute Gasteiger partial charge is 0.324 e. The number of amides is 1. The molecule has 0 aliphatic heterocycles. The Bertz CT molecular complexity index is 980. The molecule has 3 N–H and O–H groups in total. The summed E-state index contributed by atoms with van der Waals surface area (Å²) in [6, 6.07) is 15.8. The maximum Gasteiger partial charge on any atom is 0.233 e. The first kappa shape index (κ1) is 17.4. The summed E-state index contributed by atoms with van der Waals surface area (Å²) in [6.07, 6.45) is 1.49. The number of aryl methyl sites for hydroxylation is 1. The third-order valence-corrected chi connectivity index (χ3v) is 5.12. The van der Waals surface area contributed by atoms with Crippen molar-refractivity contribution in [3.05, 3.63) is 71.5 Å². The molecule has 1 aromatic heterocycles. The number of carbonyl (C=O) groups is 1. The van der Waals surface area contributed by atoms with Gasteiger partial charge in [-0.1, -0.05) is 24.3 Å². The molecule has 5 nitrogen and oxygen atoms in total. The lowest BCUT2D eigenvalue weighted by Gasteiger charge is -2.28. The predicted octanol–water partition coefficient (Wildman–Crippen LogP) is 3.74. The minimum atomic E-state index is -0.288. The molecule has 0 radical (unpaired) electrons.